The molecule has 2 aromatic carbocycles. The third-order valence-corrected chi connectivity index (χ3v) is 3.79. The summed E-state index contributed by atoms with van der Waals surface area (Å²) in [6.45, 7) is 4.13. The molecule has 22 heavy (non-hydrogen) atoms. The number of hydrogen-bond donors (Lipinski definition) is 1. The molecule has 0 bridgehead atoms. The van der Waals surface area contributed by atoms with E-state index in [1.54, 1.807) is 0 Å². The van der Waals surface area contributed by atoms with Crippen LogP contribution < -0.4 is 0 Å². The van der Waals surface area contributed by atoms with Crippen molar-refractivity contribution in [2.24, 2.45) is 0 Å². The number of hydrogen-bond acceptors (Lipinski definition) is 1. The number of rotatable bonds is 5. The van der Waals surface area contributed by atoms with E-state index < -0.39 is 5.97 Å². The zero-order valence-electron chi connectivity index (χ0n) is 13.2. The van der Waals surface area contributed by atoms with Crippen LogP contribution in [0.25, 0.3) is 0 Å². The van der Waals surface area contributed by atoms with E-state index in [0.29, 0.717) is 6.42 Å². The molecule has 0 unspecified atom stereocenters. The normalized spacial score (nSPS) is 9.77. The first kappa shape index (κ1) is 18.7. The Morgan fingerprint density at radius 1 is 0.864 bits per heavy atom. The van der Waals surface area contributed by atoms with Crippen LogP contribution in [0.1, 0.15) is 28.7 Å². The van der Waals surface area contributed by atoms with Gasteiger partial charge in [-0.05, 0) is 37.8 Å². The molecule has 0 radical (unpaired) electrons. The molecule has 0 atom stereocenters. The first-order valence-corrected chi connectivity index (χ1v) is 8.92. The van der Waals surface area contributed by atoms with Crippen molar-refractivity contribution >= 4 is 28.6 Å². The quantitative estimate of drug-likeness (QED) is 0.558. The van der Waals surface area contributed by atoms with Crippen LogP contribution in [0.4, 0.5) is 0 Å². The highest BCUT2D eigenvalue weighted by Crippen LogP contribution is 2.05. The van der Waals surface area contributed by atoms with Crippen molar-refractivity contribution in [3.63, 3.8) is 0 Å². The van der Waals surface area contributed by atoms with E-state index in [-0.39, 0.29) is 6.42 Å². The Morgan fingerprint density at radius 2 is 1.27 bits per heavy atom. The Hall–Kier alpha value is -1.36. The number of aliphatic carboxylic acids is 1. The predicted molar refractivity (Wildman–Crippen MR) is 101 cm³/mol. The van der Waals surface area contributed by atoms with Crippen LogP contribution in [0, 0.1) is 13.8 Å². The van der Waals surface area contributed by atoms with Gasteiger partial charge in [0.1, 0.15) is 0 Å². The Morgan fingerprint density at radius 3 is 1.64 bits per heavy atom. The molecule has 2 nitrogen and oxygen atoms in total. The van der Waals surface area contributed by atoms with Crippen LogP contribution in [0.3, 0.4) is 0 Å². The van der Waals surface area contributed by atoms with Gasteiger partial charge in [0.25, 0.3) is 0 Å². The molecule has 0 saturated carbocycles. The van der Waals surface area contributed by atoms with Gasteiger partial charge >= 0.3 is 5.97 Å². The van der Waals surface area contributed by atoms with E-state index in [2.05, 4.69) is 53.8 Å². The lowest BCUT2D eigenvalue weighted by Gasteiger charge is -1.98. The number of aryl methyl sites for hydroxylation is 4. The van der Waals surface area contributed by atoms with Crippen molar-refractivity contribution in [3.8, 4) is 0 Å². The molecule has 0 aliphatic heterocycles. The number of alkyl halides is 1. The van der Waals surface area contributed by atoms with Crippen LogP contribution in [-0.4, -0.2) is 15.5 Å². The van der Waals surface area contributed by atoms with Gasteiger partial charge in [0.2, 0.25) is 0 Å². The van der Waals surface area contributed by atoms with E-state index in [4.69, 9.17) is 5.11 Å². The second-order valence-corrected chi connectivity index (χ2v) is 6.38. The summed E-state index contributed by atoms with van der Waals surface area (Å²) in [5, 5.41) is 8.43. The summed E-state index contributed by atoms with van der Waals surface area (Å²) in [6, 6.07) is 16.7. The second-order valence-electron chi connectivity index (χ2n) is 5.30. The maximum Gasteiger partial charge on any atom is 0.303 e. The van der Waals surface area contributed by atoms with Gasteiger partial charge in [0.15, 0.2) is 0 Å². The predicted octanol–water partition coefficient (Wildman–Crippen LogP) is 4.98. The SMILES string of the molecule is Cc1ccc(CCC(=O)O)cc1.Cc1ccc(CCI)cc1. The number of carbonyl (C=O) groups is 1. The fourth-order valence-corrected chi connectivity index (χ4v) is 2.49. The Bertz CT molecular complexity index is 559. The summed E-state index contributed by atoms with van der Waals surface area (Å²) in [5.41, 5.74) is 5.08. The maximum absolute atomic E-state index is 10.2. The van der Waals surface area contributed by atoms with E-state index in [0.717, 1.165) is 5.56 Å². The molecular formula is C19H23IO2. The lowest BCUT2D eigenvalue weighted by atomic mass is 10.1. The topological polar surface area (TPSA) is 37.3 Å². The molecule has 0 spiro atoms. The van der Waals surface area contributed by atoms with E-state index in [1.165, 1.54) is 27.5 Å². The van der Waals surface area contributed by atoms with Crippen molar-refractivity contribution in [1.29, 1.82) is 0 Å². The third-order valence-electron chi connectivity index (χ3n) is 3.25. The molecule has 0 aliphatic rings. The first-order valence-electron chi connectivity index (χ1n) is 7.40. The molecular weight excluding hydrogens is 387 g/mol. The lowest BCUT2D eigenvalue weighted by Crippen LogP contribution is -1.97. The van der Waals surface area contributed by atoms with Gasteiger partial charge in [0, 0.05) is 10.8 Å². The smallest absolute Gasteiger partial charge is 0.303 e. The maximum atomic E-state index is 10.2. The molecule has 0 fully saturated rings. The van der Waals surface area contributed by atoms with Crippen LogP contribution in [-0.2, 0) is 17.6 Å². The van der Waals surface area contributed by atoms with Gasteiger partial charge in [-0.1, -0.05) is 82.2 Å². The number of halogens is 1. The van der Waals surface area contributed by atoms with Crippen molar-refractivity contribution in [3.05, 3.63) is 70.8 Å². The van der Waals surface area contributed by atoms with Gasteiger partial charge in [-0.15, -0.1) is 0 Å². The van der Waals surface area contributed by atoms with Gasteiger partial charge in [-0.2, -0.15) is 0 Å². The average molecular weight is 410 g/mol. The Labute approximate surface area is 146 Å². The van der Waals surface area contributed by atoms with Gasteiger partial charge in [-0.25, -0.2) is 0 Å². The van der Waals surface area contributed by atoms with Gasteiger partial charge in [-0.3, -0.25) is 4.79 Å². The molecule has 0 heterocycles. The zero-order chi connectivity index (χ0) is 16.4. The van der Waals surface area contributed by atoms with E-state index in [1.807, 2.05) is 31.2 Å². The highest BCUT2D eigenvalue weighted by molar-refractivity contribution is 14.1. The molecule has 118 valence electrons. The molecule has 0 aromatic heterocycles. The minimum atomic E-state index is -0.740. The van der Waals surface area contributed by atoms with Crippen molar-refractivity contribution in [2.75, 3.05) is 4.43 Å². The number of carboxylic acids is 1. The molecule has 1 N–H and O–H groups in total. The van der Waals surface area contributed by atoms with Gasteiger partial charge < -0.3 is 5.11 Å². The summed E-state index contributed by atoms with van der Waals surface area (Å²) in [5.74, 6) is -0.740. The number of benzene rings is 2. The fraction of sp³-hybridized carbons (Fsp3) is 0.316. The molecule has 2 aromatic rings. The molecule has 3 heteroatoms. The molecule has 0 aliphatic carbocycles. The largest absolute Gasteiger partial charge is 0.481 e. The second kappa shape index (κ2) is 10.4. The Balaban J connectivity index is 0.000000224. The average Bonchev–Trinajstić information content (AvgIpc) is 2.50. The lowest BCUT2D eigenvalue weighted by molar-refractivity contribution is -0.136. The van der Waals surface area contributed by atoms with E-state index >= 15 is 0 Å². The third kappa shape index (κ3) is 8.17. The van der Waals surface area contributed by atoms with Crippen LogP contribution in [0.5, 0.6) is 0 Å². The van der Waals surface area contributed by atoms with Crippen molar-refractivity contribution in [2.45, 2.75) is 33.1 Å². The summed E-state index contributed by atoms with van der Waals surface area (Å²) < 4.78 is 1.21. The zero-order valence-corrected chi connectivity index (χ0v) is 15.3. The highest BCUT2D eigenvalue weighted by Gasteiger charge is 1.97. The highest BCUT2D eigenvalue weighted by atomic mass is 127. The summed E-state index contributed by atoms with van der Waals surface area (Å²) in [7, 11) is 0. The van der Waals surface area contributed by atoms with Crippen LogP contribution in [0.2, 0.25) is 0 Å². The Kier molecular flexibility index (Phi) is 8.82. The minimum absolute atomic E-state index is 0.211. The molecule has 0 amide bonds. The van der Waals surface area contributed by atoms with Crippen molar-refractivity contribution < 1.29 is 9.90 Å². The van der Waals surface area contributed by atoms with E-state index in [9.17, 15) is 4.79 Å². The standard InChI is InChI=1S/C10H12O2.C9H11I/c1-8-2-4-9(5-3-8)6-7-10(11)12;1-8-2-4-9(5-3-8)6-7-10/h2-5H,6-7H2,1H3,(H,11,12);2-5H,6-7H2,1H3. The molecule has 2 rings (SSSR count). The summed E-state index contributed by atoms with van der Waals surface area (Å²) in [4.78, 5) is 10.2. The monoisotopic (exact) mass is 410 g/mol. The molecule has 0 saturated heterocycles. The van der Waals surface area contributed by atoms with Crippen LogP contribution in [0.15, 0.2) is 48.5 Å². The van der Waals surface area contributed by atoms with Crippen molar-refractivity contribution in [1.82, 2.24) is 0 Å². The minimum Gasteiger partial charge on any atom is -0.481 e. The summed E-state index contributed by atoms with van der Waals surface area (Å²) >= 11 is 2.40. The first-order chi connectivity index (χ1) is 10.5. The number of carboxylic acid groups (broad SMARTS) is 1. The van der Waals surface area contributed by atoms with Crippen LogP contribution >= 0.6 is 22.6 Å². The summed E-state index contributed by atoms with van der Waals surface area (Å²) in [6.07, 6.45) is 2.03. The van der Waals surface area contributed by atoms with Gasteiger partial charge in [0.05, 0.1) is 0 Å². The fourth-order valence-electron chi connectivity index (χ4n) is 1.87.